The maximum Gasteiger partial charge on any atom is 0.308 e. The van der Waals surface area contributed by atoms with E-state index in [1.54, 1.807) is 12.1 Å². The summed E-state index contributed by atoms with van der Waals surface area (Å²) in [4.78, 5) is 11.6. The van der Waals surface area contributed by atoms with Crippen LogP contribution in [0, 0.1) is 5.82 Å². The lowest BCUT2D eigenvalue weighted by Crippen LogP contribution is -2.32. The lowest BCUT2D eigenvalue weighted by atomic mass is 9.90. The second-order valence-electron chi connectivity index (χ2n) is 7.06. The predicted molar refractivity (Wildman–Crippen MR) is 103 cm³/mol. The number of ether oxygens (including phenoxy) is 1. The van der Waals surface area contributed by atoms with Crippen LogP contribution in [0.4, 0.5) is 4.39 Å². The molecule has 0 aromatic heterocycles. The Hall–Kier alpha value is -2.72. The molecule has 1 N–H and O–H groups in total. The van der Waals surface area contributed by atoms with Gasteiger partial charge >= 0.3 is 5.97 Å². The highest BCUT2D eigenvalue weighted by atomic mass is 19.1. The predicted octanol–water partition coefficient (Wildman–Crippen LogP) is 4.65. The van der Waals surface area contributed by atoms with E-state index in [4.69, 9.17) is 4.74 Å². The number of aliphatic hydroxyl groups is 1. The molecule has 0 spiro atoms. The largest absolute Gasteiger partial charge is 0.462 e. The van der Waals surface area contributed by atoms with E-state index in [0.717, 1.165) is 27.5 Å². The number of aliphatic hydroxyl groups excluding tert-OH is 1. The van der Waals surface area contributed by atoms with Crippen molar-refractivity contribution < 1.29 is 19.0 Å². The number of benzene rings is 3. The summed E-state index contributed by atoms with van der Waals surface area (Å²) in [6.07, 6.45) is 0.999. The quantitative estimate of drug-likeness (QED) is 0.686. The standard InChI is InChI=1S/C23H21FO3/c24-17-8-5-16(6-9-17)21-11-7-15-3-1-2-4-20(15)22(21)12-10-19-13-18(25)14-23(26)27-19/h1-9,11,18-19,25H,10,12-14H2. The lowest BCUT2D eigenvalue weighted by molar-refractivity contribution is -0.160. The van der Waals surface area contributed by atoms with E-state index >= 15 is 0 Å². The number of esters is 1. The first-order chi connectivity index (χ1) is 13.1. The first-order valence-corrected chi connectivity index (χ1v) is 9.24. The Morgan fingerprint density at radius 3 is 2.59 bits per heavy atom. The highest BCUT2D eigenvalue weighted by Crippen LogP contribution is 2.32. The second-order valence-corrected chi connectivity index (χ2v) is 7.06. The monoisotopic (exact) mass is 364 g/mol. The van der Waals surface area contributed by atoms with Crippen molar-refractivity contribution in [2.24, 2.45) is 0 Å². The normalized spacial score (nSPS) is 19.9. The van der Waals surface area contributed by atoms with Crippen LogP contribution in [0.25, 0.3) is 21.9 Å². The Morgan fingerprint density at radius 2 is 1.81 bits per heavy atom. The van der Waals surface area contributed by atoms with Crippen LogP contribution in [0.3, 0.4) is 0 Å². The summed E-state index contributed by atoms with van der Waals surface area (Å²) in [6, 6.07) is 18.8. The van der Waals surface area contributed by atoms with E-state index in [9.17, 15) is 14.3 Å². The van der Waals surface area contributed by atoms with Crippen LogP contribution >= 0.6 is 0 Å². The van der Waals surface area contributed by atoms with E-state index in [-0.39, 0.29) is 24.3 Å². The van der Waals surface area contributed by atoms with E-state index in [1.807, 2.05) is 12.1 Å². The Kier molecular flexibility index (Phi) is 4.90. The Morgan fingerprint density at radius 1 is 1.04 bits per heavy atom. The molecule has 3 nitrogen and oxygen atoms in total. The molecule has 27 heavy (non-hydrogen) atoms. The van der Waals surface area contributed by atoms with Gasteiger partial charge in [-0.2, -0.15) is 0 Å². The SMILES string of the molecule is O=C1CC(O)CC(CCc2c(-c3ccc(F)cc3)ccc3ccccc23)O1. The third kappa shape index (κ3) is 3.86. The summed E-state index contributed by atoms with van der Waals surface area (Å²) in [5, 5.41) is 12.1. The smallest absolute Gasteiger partial charge is 0.308 e. The van der Waals surface area contributed by atoms with E-state index in [1.165, 1.54) is 12.1 Å². The van der Waals surface area contributed by atoms with Gasteiger partial charge in [-0.1, -0.05) is 48.5 Å². The number of carbonyl (C=O) groups excluding carboxylic acids is 1. The van der Waals surface area contributed by atoms with Gasteiger partial charge in [0.2, 0.25) is 0 Å². The van der Waals surface area contributed by atoms with Gasteiger partial charge in [-0.05, 0) is 52.4 Å². The number of cyclic esters (lactones) is 1. The molecule has 0 amide bonds. The van der Waals surface area contributed by atoms with Crippen molar-refractivity contribution in [2.45, 2.75) is 37.9 Å². The zero-order chi connectivity index (χ0) is 18.8. The Labute approximate surface area is 157 Å². The van der Waals surface area contributed by atoms with Crippen LogP contribution in [0.15, 0.2) is 60.7 Å². The summed E-state index contributed by atoms with van der Waals surface area (Å²) in [5.74, 6) is -0.598. The van der Waals surface area contributed by atoms with Crippen molar-refractivity contribution in [1.29, 1.82) is 0 Å². The van der Waals surface area contributed by atoms with Gasteiger partial charge in [-0.15, -0.1) is 0 Å². The van der Waals surface area contributed by atoms with Crippen LogP contribution in [0.5, 0.6) is 0 Å². The molecule has 138 valence electrons. The molecule has 1 aliphatic heterocycles. The van der Waals surface area contributed by atoms with Crippen molar-refractivity contribution >= 4 is 16.7 Å². The molecule has 3 aromatic rings. The molecule has 2 unspecified atom stereocenters. The number of hydrogen-bond acceptors (Lipinski definition) is 3. The minimum absolute atomic E-state index is 0.0750. The minimum atomic E-state index is -0.625. The highest BCUT2D eigenvalue weighted by Gasteiger charge is 2.27. The fourth-order valence-corrected chi connectivity index (χ4v) is 3.85. The molecular formula is C23H21FO3. The molecule has 1 fully saturated rings. The van der Waals surface area contributed by atoms with Crippen LogP contribution in [0.1, 0.15) is 24.8 Å². The molecule has 0 bridgehead atoms. The van der Waals surface area contributed by atoms with Gasteiger partial charge < -0.3 is 9.84 Å². The van der Waals surface area contributed by atoms with Crippen LogP contribution < -0.4 is 0 Å². The molecule has 3 aromatic carbocycles. The van der Waals surface area contributed by atoms with Crippen molar-refractivity contribution in [3.05, 3.63) is 72.0 Å². The molecule has 0 radical (unpaired) electrons. The van der Waals surface area contributed by atoms with Gasteiger partial charge in [0.05, 0.1) is 12.5 Å². The minimum Gasteiger partial charge on any atom is -0.462 e. The van der Waals surface area contributed by atoms with Crippen LogP contribution in [-0.2, 0) is 16.0 Å². The maximum absolute atomic E-state index is 13.3. The zero-order valence-electron chi connectivity index (χ0n) is 14.9. The van der Waals surface area contributed by atoms with E-state index in [2.05, 4.69) is 24.3 Å². The fraction of sp³-hybridized carbons (Fsp3) is 0.261. The van der Waals surface area contributed by atoms with Gasteiger partial charge in [-0.25, -0.2) is 4.39 Å². The number of hydrogen-bond donors (Lipinski definition) is 1. The first-order valence-electron chi connectivity index (χ1n) is 9.24. The number of carbonyl (C=O) groups is 1. The van der Waals surface area contributed by atoms with E-state index < -0.39 is 6.10 Å². The van der Waals surface area contributed by atoms with Crippen molar-refractivity contribution in [2.75, 3.05) is 0 Å². The molecule has 4 rings (SSSR count). The van der Waals surface area contributed by atoms with Crippen LogP contribution in [-0.4, -0.2) is 23.3 Å². The van der Waals surface area contributed by atoms with Gasteiger partial charge in [-0.3, -0.25) is 4.79 Å². The Balaban J connectivity index is 1.69. The number of aryl methyl sites for hydroxylation is 1. The van der Waals surface area contributed by atoms with Crippen LogP contribution in [0.2, 0.25) is 0 Å². The average Bonchev–Trinajstić information content (AvgIpc) is 2.66. The molecule has 2 atom stereocenters. The van der Waals surface area contributed by atoms with Crippen molar-refractivity contribution in [3.8, 4) is 11.1 Å². The second kappa shape index (κ2) is 7.49. The first kappa shape index (κ1) is 17.7. The summed E-state index contributed by atoms with van der Waals surface area (Å²) < 4.78 is 18.8. The van der Waals surface area contributed by atoms with Gasteiger partial charge in [0.1, 0.15) is 11.9 Å². The van der Waals surface area contributed by atoms with Gasteiger partial charge in [0.25, 0.3) is 0 Å². The topological polar surface area (TPSA) is 46.5 Å². The third-order valence-electron chi connectivity index (χ3n) is 5.15. The fourth-order valence-electron chi connectivity index (χ4n) is 3.85. The summed E-state index contributed by atoms with van der Waals surface area (Å²) >= 11 is 0. The molecule has 1 aliphatic rings. The van der Waals surface area contributed by atoms with Gasteiger partial charge in [0, 0.05) is 6.42 Å². The molecule has 0 aliphatic carbocycles. The zero-order valence-corrected chi connectivity index (χ0v) is 14.9. The summed E-state index contributed by atoms with van der Waals surface area (Å²) in [6.45, 7) is 0. The number of rotatable bonds is 4. The van der Waals surface area contributed by atoms with E-state index in [0.29, 0.717) is 19.3 Å². The lowest BCUT2D eigenvalue weighted by Gasteiger charge is -2.26. The maximum atomic E-state index is 13.3. The summed E-state index contributed by atoms with van der Waals surface area (Å²) in [7, 11) is 0. The molecule has 1 saturated heterocycles. The van der Waals surface area contributed by atoms with Crippen molar-refractivity contribution in [1.82, 2.24) is 0 Å². The van der Waals surface area contributed by atoms with Gasteiger partial charge in [0.15, 0.2) is 0 Å². The average molecular weight is 364 g/mol. The molecule has 4 heteroatoms. The third-order valence-corrected chi connectivity index (χ3v) is 5.15. The number of halogens is 1. The number of fused-ring (bicyclic) bond motifs is 1. The molecule has 1 heterocycles. The molecule has 0 saturated carbocycles. The van der Waals surface area contributed by atoms with Crippen molar-refractivity contribution in [3.63, 3.8) is 0 Å². The molecular weight excluding hydrogens is 343 g/mol. The Bertz CT molecular complexity index is 965. The highest BCUT2D eigenvalue weighted by molar-refractivity contribution is 5.91. The summed E-state index contributed by atoms with van der Waals surface area (Å²) in [5.41, 5.74) is 3.16.